The average molecular weight is 276 g/mol. The topological polar surface area (TPSA) is 33.0 Å². The summed E-state index contributed by atoms with van der Waals surface area (Å²) in [6.45, 7) is 0. The highest BCUT2D eigenvalue weighted by Crippen LogP contribution is 2.31. The molecule has 2 nitrogen and oxygen atoms in total. The molecular formula is C14H10ClNOS. The minimum atomic E-state index is 0.483. The third-order valence-corrected chi connectivity index (χ3v) is 3.68. The van der Waals surface area contributed by atoms with Crippen LogP contribution in [0.1, 0.15) is 5.56 Å². The fraction of sp³-hybridized carbons (Fsp3) is 0.0714. The standard InChI is InChI=1S/C14H10ClNOS/c1-17-11-2-4-12(5-3-11)18-13-6-7-14(15)10(8-13)9-16/h2-8H,1H3. The maximum absolute atomic E-state index is 8.92. The molecule has 0 aromatic heterocycles. The first-order chi connectivity index (χ1) is 8.72. The fourth-order valence-corrected chi connectivity index (χ4v) is 2.45. The van der Waals surface area contributed by atoms with E-state index < -0.39 is 0 Å². The molecule has 0 N–H and O–H groups in total. The van der Waals surface area contributed by atoms with Gasteiger partial charge < -0.3 is 4.74 Å². The Labute approximate surface area is 115 Å². The van der Waals surface area contributed by atoms with E-state index in [2.05, 4.69) is 6.07 Å². The molecule has 0 radical (unpaired) electrons. The molecule has 0 saturated heterocycles. The summed E-state index contributed by atoms with van der Waals surface area (Å²) in [7, 11) is 1.64. The minimum absolute atomic E-state index is 0.483. The molecule has 0 heterocycles. The van der Waals surface area contributed by atoms with Gasteiger partial charge in [-0.2, -0.15) is 5.26 Å². The molecule has 2 aromatic carbocycles. The Bertz CT molecular complexity index is 590. The molecule has 0 atom stereocenters. The molecule has 0 saturated carbocycles. The van der Waals surface area contributed by atoms with E-state index in [-0.39, 0.29) is 0 Å². The number of halogens is 1. The van der Waals surface area contributed by atoms with Crippen molar-refractivity contribution in [3.05, 3.63) is 53.1 Å². The van der Waals surface area contributed by atoms with E-state index in [4.69, 9.17) is 21.6 Å². The second kappa shape index (κ2) is 5.81. The van der Waals surface area contributed by atoms with Crippen molar-refractivity contribution in [3.8, 4) is 11.8 Å². The van der Waals surface area contributed by atoms with Crippen molar-refractivity contribution in [2.45, 2.75) is 9.79 Å². The van der Waals surface area contributed by atoms with Crippen molar-refractivity contribution < 1.29 is 4.74 Å². The highest BCUT2D eigenvalue weighted by Gasteiger charge is 2.03. The zero-order valence-corrected chi connectivity index (χ0v) is 11.3. The summed E-state index contributed by atoms with van der Waals surface area (Å²) in [5.74, 6) is 0.827. The zero-order valence-electron chi connectivity index (χ0n) is 9.68. The predicted molar refractivity (Wildman–Crippen MR) is 73.3 cm³/mol. The first-order valence-corrected chi connectivity index (χ1v) is 6.44. The van der Waals surface area contributed by atoms with Gasteiger partial charge >= 0.3 is 0 Å². The van der Waals surface area contributed by atoms with Gasteiger partial charge in [-0.15, -0.1) is 0 Å². The van der Waals surface area contributed by atoms with Crippen LogP contribution in [-0.4, -0.2) is 7.11 Å². The summed E-state index contributed by atoms with van der Waals surface area (Å²) in [4.78, 5) is 2.07. The number of methoxy groups -OCH3 is 1. The van der Waals surface area contributed by atoms with E-state index in [0.29, 0.717) is 10.6 Å². The van der Waals surface area contributed by atoms with Crippen molar-refractivity contribution in [1.82, 2.24) is 0 Å². The van der Waals surface area contributed by atoms with Gasteiger partial charge in [0.15, 0.2) is 0 Å². The molecule has 4 heteroatoms. The molecule has 90 valence electrons. The first-order valence-electron chi connectivity index (χ1n) is 5.24. The number of nitriles is 1. The summed E-state index contributed by atoms with van der Waals surface area (Å²) >= 11 is 7.47. The van der Waals surface area contributed by atoms with Crippen molar-refractivity contribution in [2.24, 2.45) is 0 Å². The lowest BCUT2D eigenvalue weighted by Crippen LogP contribution is -1.82. The molecule has 0 amide bonds. The minimum Gasteiger partial charge on any atom is -0.497 e. The van der Waals surface area contributed by atoms with Crippen molar-refractivity contribution >= 4 is 23.4 Å². The number of hydrogen-bond donors (Lipinski definition) is 0. The van der Waals surface area contributed by atoms with Crippen molar-refractivity contribution in [2.75, 3.05) is 7.11 Å². The van der Waals surface area contributed by atoms with Gasteiger partial charge in [-0.1, -0.05) is 23.4 Å². The predicted octanol–water partition coefficient (Wildman–Crippen LogP) is 4.37. The van der Waals surface area contributed by atoms with Gasteiger partial charge in [0.25, 0.3) is 0 Å². The summed E-state index contributed by atoms with van der Waals surface area (Å²) in [6.07, 6.45) is 0. The van der Waals surface area contributed by atoms with Crippen molar-refractivity contribution in [3.63, 3.8) is 0 Å². The normalized spacial score (nSPS) is 9.83. The molecule has 2 aromatic rings. The lowest BCUT2D eigenvalue weighted by Gasteiger charge is -2.04. The van der Waals surface area contributed by atoms with Crippen LogP contribution in [0, 0.1) is 11.3 Å². The SMILES string of the molecule is COc1ccc(Sc2ccc(Cl)c(C#N)c2)cc1. The van der Waals surface area contributed by atoms with Crippen LogP contribution < -0.4 is 4.74 Å². The Hall–Kier alpha value is -1.63. The molecule has 0 unspecified atom stereocenters. The molecule has 0 fully saturated rings. The Morgan fingerprint density at radius 3 is 2.39 bits per heavy atom. The van der Waals surface area contributed by atoms with E-state index in [0.717, 1.165) is 15.5 Å². The summed E-state index contributed by atoms with van der Waals surface area (Å²) < 4.78 is 5.10. The Morgan fingerprint density at radius 1 is 1.11 bits per heavy atom. The quantitative estimate of drug-likeness (QED) is 0.834. The second-order valence-corrected chi connectivity index (χ2v) is 5.09. The van der Waals surface area contributed by atoms with Gasteiger partial charge in [-0.05, 0) is 42.5 Å². The monoisotopic (exact) mass is 275 g/mol. The highest BCUT2D eigenvalue weighted by molar-refractivity contribution is 7.99. The number of benzene rings is 2. The van der Waals surface area contributed by atoms with Crippen LogP contribution in [-0.2, 0) is 0 Å². The summed E-state index contributed by atoms with van der Waals surface area (Å²) in [5, 5.41) is 9.40. The number of rotatable bonds is 3. The van der Waals surface area contributed by atoms with E-state index in [1.165, 1.54) is 0 Å². The van der Waals surface area contributed by atoms with E-state index in [1.54, 1.807) is 31.0 Å². The molecule has 0 aliphatic heterocycles. The lowest BCUT2D eigenvalue weighted by molar-refractivity contribution is 0.414. The van der Waals surface area contributed by atoms with Crippen LogP contribution in [0.15, 0.2) is 52.3 Å². The number of hydrogen-bond acceptors (Lipinski definition) is 3. The van der Waals surface area contributed by atoms with Gasteiger partial charge in [-0.3, -0.25) is 0 Å². The molecular weight excluding hydrogens is 266 g/mol. The van der Waals surface area contributed by atoms with Gasteiger partial charge in [0, 0.05) is 9.79 Å². The van der Waals surface area contributed by atoms with Gasteiger partial charge in [0.1, 0.15) is 11.8 Å². The fourth-order valence-electron chi connectivity index (χ4n) is 1.43. The summed E-state index contributed by atoms with van der Waals surface area (Å²) in [6, 6.07) is 15.3. The Balaban J connectivity index is 2.20. The molecule has 0 aliphatic rings. The van der Waals surface area contributed by atoms with E-state index >= 15 is 0 Å². The van der Waals surface area contributed by atoms with E-state index in [1.807, 2.05) is 30.3 Å². The molecule has 2 rings (SSSR count). The number of ether oxygens (including phenoxy) is 1. The third kappa shape index (κ3) is 2.98. The van der Waals surface area contributed by atoms with Crippen LogP contribution >= 0.6 is 23.4 Å². The maximum atomic E-state index is 8.92. The Kier molecular flexibility index (Phi) is 4.14. The summed E-state index contributed by atoms with van der Waals surface area (Å²) in [5.41, 5.74) is 0.496. The van der Waals surface area contributed by atoms with Gasteiger partial charge in [0.05, 0.1) is 17.7 Å². The van der Waals surface area contributed by atoms with E-state index in [9.17, 15) is 0 Å². The van der Waals surface area contributed by atoms with Crippen LogP contribution in [0.25, 0.3) is 0 Å². The smallest absolute Gasteiger partial charge is 0.118 e. The largest absolute Gasteiger partial charge is 0.497 e. The highest BCUT2D eigenvalue weighted by atomic mass is 35.5. The molecule has 18 heavy (non-hydrogen) atoms. The number of nitrogens with zero attached hydrogens (tertiary/aromatic N) is 1. The van der Waals surface area contributed by atoms with Crippen LogP contribution in [0.5, 0.6) is 5.75 Å². The Morgan fingerprint density at radius 2 is 1.78 bits per heavy atom. The van der Waals surface area contributed by atoms with Gasteiger partial charge in [-0.25, -0.2) is 0 Å². The van der Waals surface area contributed by atoms with Crippen LogP contribution in [0.4, 0.5) is 0 Å². The molecule has 0 aliphatic carbocycles. The molecule has 0 bridgehead atoms. The molecule has 0 spiro atoms. The van der Waals surface area contributed by atoms with Crippen LogP contribution in [0.2, 0.25) is 5.02 Å². The first kappa shape index (κ1) is 12.8. The maximum Gasteiger partial charge on any atom is 0.118 e. The third-order valence-electron chi connectivity index (χ3n) is 2.35. The lowest BCUT2D eigenvalue weighted by atomic mass is 10.2. The average Bonchev–Trinajstić information content (AvgIpc) is 2.42. The van der Waals surface area contributed by atoms with Gasteiger partial charge in [0.2, 0.25) is 0 Å². The second-order valence-electron chi connectivity index (χ2n) is 3.53. The van der Waals surface area contributed by atoms with Crippen LogP contribution in [0.3, 0.4) is 0 Å². The zero-order chi connectivity index (χ0) is 13.0. The van der Waals surface area contributed by atoms with Crippen molar-refractivity contribution in [1.29, 1.82) is 5.26 Å².